The average molecular weight is 366 g/mol. The van der Waals surface area contributed by atoms with Crippen molar-refractivity contribution in [3.8, 4) is 12.1 Å². The molecule has 0 aliphatic carbocycles. The van der Waals surface area contributed by atoms with Crippen LogP contribution in [0, 0.1) is 22.7 Å². The van der Waals surface area contributed by atoms with Gasteiger partial charge in [0.05, 0.1) is 23.3 Å². The second kappa shape index (κ2) is 8.31. The van der Waals surface area contributed by atoms with Crippen LogP contribution in [0.1, 0.15) is 31.8 Å². The molecule has 0 aromatic heterocycles. The Kier molecular flexibility index (Phi) is 5.45. The van der Waals surface area contributed by atoms with Crippen LogP contribution in [0.2, 0.25) is 0 Å². The van der Waals surface area contributed by atoms with Crippen molar-refractivity contribution in [2.45, 2.75) is 0 Å². The summed E-state index contributed by atoms with van der Waals surface area (Å²) >= 11 is 0. The Bertz CT molecular complexity index is 997. The molecule has 2 amide bonds. The highest BCUT2D eigenvalue weighted by atomic mass is 16.2. The van der Waals surface area contributed by atoms with E-state index >= 15 is 0 Å². The molecule has 3 rings (SSSR count). The van der Waals surface area contributed by atoms with Gasteiger partial charge in [0.15, 0.2) is 0 Å². The van der Waals surface area contributed by atoms with Crippen molar-refractivity contribution in [3.05, 3.63) is 95.1 Å². The Balaban J connectivity index is 1.64. The van der Waals surface area contributed by atoms with Crippen LogP contribution in [0.4, 0.5) is 11.4 Å². The summed E-state index contributed by atoms with van der Waals surface area (Å²) in [5, 5.41) is 23.1. The summed E-state index contributed by atoms with van der Waals surface area (Å²) in [6, 6.07) is 23.3. The molecule has 6 heteroatoms. The summed E-state index contributed by atoms with van der Waals surface area (Å²) in [5.41, 5.74) is 2.98. The Labute approximate surface area is 161 Å². The van der Waals surface area contributed by atoms with Crippen molar-refractivity contribution in [3.63, 3.8) is 0 Å². The van der Waals surface area contributed by atoms with Gasteiger partial charge in [-0.25, -0.2) is 0 Å². The molecule has 28 heavy (non-hydrogen) atoms. The normalized spacial score (nSPS) is 9.64. The maximum Gasteiger partial charge on any atom is 0.255 e. The Morgan fingerprint density at radius 2 is 0.893 bits per heavy atom. The van der Waals surface area contributed by atoms with Crippen molar-refractivity contribution in [2.75, 3.05) is 10.6 Å². The third kappa shape index (κ3) is 4.40. The number of hydrogen-bond acceptors (Lipinski definition) is 4. The highest BCUT2D eigenvalue weighted by molar-refractivity contribution is 6.07. The van der Waals surface area contributed by atoms with E-state index in [4.69, 9.17) is 10.5 Å². The summed E-state index contributed by atoms with van der Waals surface area (Å²) in [5.74, 6) is -0.632. The van der Waals surface area contributed by atoms with Gasteiger partial charge < -0.3 is 10.6 Å². The molecular formula is C22H14N4O2. The van der Waals surface area contributed by atoms with Gasteiger partial charge in [0.25, 0.3) is 11.8 Å². The molecule has 0 unspecified atom stereocenters. The van der Waals surface area contributed by atoms with Crippen LogP contribution in [0.25, 0.3) is 0 Å². The van der Waals surface area contributed by atoms with E-state index in [1.807, 2.05) is 12.1 Å². The zero-order chi connectivity index (χ0) is 19.9. The van der Waals surface area contributed by atoms with E-state index in [1.165, 1.54) is 0 Å². The molecule has 0 bridgehead atoms. The fraction of sp³-hybridized carbons (Fsp3) is 0. The minimum absolute atomic E-state index is 0.316. The lowest BCUT2D eigenvalue weighted by Crippen LogP contribution is -2.14. The van der Waals surface area contributed by atoms with Gasteiger partial charge in [0, 0.05) is 22.5 Å². The standard InChI is InChI=1S/C22H14N4O2/c23-13-15-1-9-19(10-2-15)25-21(27)17-5-7-18(8-6-17)22(28)26-20-11-3-16(14-24)4-12-20/h1-12H,(H,25,27)(H,26,28). The maximum absolute atomic E-state index is 12.3. The van der Waals surface area contributed by atoms with Gasteiger partial charge in [-0.2, -0.15) is 10.5 Å². The number of anilines is 2. The monoisotopic (exact) mass is 366 g/mol. The number of amides is 2. The van der Waals surface area contributed by atoms with Crippen LogP contribution in [0.15, 0.2) is 72.8 Å². The Morgan fingerprint density at radius 1 is 0.571 bits per heavy atom. The zero-order valence-corrected chi connectivity index (χ0v) is 14.6. The molecule has 0 atom stereocenters. The summed E-state index contributed by atoms with van der Waals surface area (Å²) in [6.45, 7) is 0. The molecule has 134 valence electrons. The molecule has 2 N–H and O–H groups in total. The number of carbonyl (C=O) groups excluding carboxylic acids is 2. The first-order chi connectivity index (χ1) is 13.6. The largest absolute Gasteiger partial charge is 0.322 e. The van der Waals surface area contributed by atoms with E-state index in [0.717, 1.165) is 0 Å². The van der Waals surface area contributed by atoms with Crippen molar-refractivity contribution in [1.82, 2.24) is 0 Å². The molecule has 3 aromatic rings. The topological polar surface area (TPSA) is 106 Å². The van der Waals surface area contributed by atoms with E-state index in [2.05, 4.69) is 10.6 Å². The average Bonchev–Trinajstić information content (AvgIpc) is 2.75. The van der Waals surface area contributed by atoms with Gasteiger partial charge in [-0.15, -0.1) is 0 Å². The molecule has 6 nitrogen and oxygen atoms in total. The number of nitriles is 2. The number of hydrogen-bond donors (Lipinski definition) is 2. The van der Waals surface area contributed by atoms with Gasteiger partial charge >= 0.3 is 0 Å². The highest BCUT2D eigenvalue weighted by Crippen LogP contribution is 2.14. The van der Waals surface area contributed by atoms with Crippen molar-refractivity contribution < 1.29 is 9.59 Å². The molecule has 0 spiro atoms. The summed E-state index contributed by atoms with van der Waals surface area (Å²) < 4.78 is 0. The predicted molar refractivity (Wildman–Crippen MR) is 105 cm³/mol. The molecule has 0 aliphatic rings. The van der Waals surface area contributed by atoms with Gasteiger partial charge in [0.1, 0.15) is 0 Å². The summed E-state index contributed by atoms with van der Waals surface area (Å²) in [7, 11) is 0. The molecule has 3 aromatic carbocycles. The lowest BCUT2D eigenvalue weighted by atomic mass is 10.1. The first kappa shape index (κ1) is 18.4. The smallest absolute Gasteiger partial charge is 0.255 e. The van der Waals surface area contributed by atoms with Crippen LogP contribution in [-0.2, 0) is 0 Å². The third-order valence-electron chi connectivity index (χ3n) is 3.95. The Morgan fingerprint density at radius 3 is 1.18 bits per heavy atom. The van der Waals surface area contributed by atoms with E-state index in [1.54, 1.807) is 72.8 Å². The van der Waals surface area contributed by atoms with Crippen LogP contribution in [-0.4, -0.2) is 11.8 Å². The first-order valence-corrected chi connectivity index (χ1v) is 8.32. The zero-order valence-electron chi connectivity index (χ0n) is 14.6. The first-order valence-electron chi connectivity index (χ1n) is 8.32. The second-order valence-electron chi connectivity index (χ2n) is 5.86. The molecule has 0 aliphatic heterocycles. The van der Waals surface area contributed by atoms with Crippen LogP contribution >= 0.6 is 0 Å². The molecule has 0 saturated heterocycles. The van der Waals surface area contributed by atoms with Crippen LogP contribution in [0.5, 0.6) is 0 Å². The number of carbonyl (C=O) groups is 2. The molecule has 0 heterocycles. The summed E-state index contributed by atoms with van der Waals surface area (Å²) in [4.78, 5) is 24.6. The fourth-order valence-corrected chi connectivity index (χ4v) is 2.44. The number of rotatable bonds is 4. The van der Waals surface area contributed by atoms with Gasteiger partial charge in [-0.05, 0) is 72.8 Å². The van der Waals surface area contributed by atoms with Gasteiger partial charge in [-0.1, -0.05) is 0 Å². The lowest BCUT2D eigenvalue weighted by Gasteiger charge is -2.07. The minimum atomic E-state index is -0.316. The molecule has 0 fully saturated rings. The molecule has 0 radical (unpaired) electrons. The van der Waals surface area contributed by atoms with Gasteiger partial charge in [-0.3, -0.25) is 9.59 Å². The summed E-state index contributed by atoms with van der Waals surface area (Å²) in [6.07, 6.45) is 0. The third-order valence-corrected chi connectivity index (χ3v) is 3.95. The number of nitrogens with one attached hydrogen (secondary N) is 2. The quantitative estimate of drug-likeness (QED) is 0.729. The number of nitrogens with zero attached hydrogens (tertiary/aromatic N) is 2. The van der Waals surface area contributed by atoms with Crippen LogP contribution in [0.3, 0.4) is 0 Å². The van der Waals surface area contributed by atoms with E-state index in [9.17, 15) is 9.59 Å². The SMILES string of the molecule is N#Cc1ccc(NC(=O)c2ccc(C(=O)Nc3ccc(C#N)cc3)cc2)cc1. The molecule has 0 saturated carbocycles. The van der Waals surface area contributed by atoms with Crippen molar-refractivity contribution >= 4 is 23.2 Å². The van der Waals surface area contributed by atoms with E-state index in [-0.39, 0.29) is 11.8 Å². The minimum Gasteiger partial charge on any atom is -0.322 e. The maximum atomic E-state index is 12.3. The second-order valence-corrected chi connectivity index (χ2v) is 5.86. The molecular weight excluding hydrogens is 352 g/mol. The lowest BCUT2D eigenvalue weighted by molar-refractivity contribution is 0.101. The highest BCUT2D eigenvalue weighted by Gasteiger charge is 2.10. The van der Waals surface area contributed by atoms with E-state index in [0.29, 0.717) is 33.6 Å². The Hall–Kier alpha value is -4.42. The van der Waals surface area contributed by atoms with Gasteiger partial charge in [0.2, 0.25) is 0 Å². The fourth-order valence-electron chi connectivity index (χ4n) is 2.44. The van der Waals surface area contributed by atoms with Crippen molar-refractivity contribution in [1.29, 1.82) is 10.5 Å². The van der Waals surface area contributed by atoms with E-state index < -0.39 is 0 Å². The van der Waals surface area contributed by atoms with Crippen molar-refractivity contribution in [2.24, 2.45) is 0 Å². The predicted octanol–water partition coefficient (Wildman–Crippen LogP) is 3.93. The van der Waals surface area contributed by atoms with Crippen LogP contribution < -0.4 is 10.6 Å². The number of benzene rings is 3.